The molecule has 3 aromatic carbocycles. The second kappa shape index (κ2) is 11.9. The molecule has 0 bridgehead atoms. The van der Waals surface area contributed by atoms with Crippen LogP contribution in [0.15, 0.2) is 93.2 Å². The molecule has 0 unspecified atom stereocenters. The van der Waals surface area contributed by atoms with Gasteiger partial charge in [-0.1, -0.05) is 53.2 Å². The lowest BCUT2D eigenvalue weighted by atomic mass is 10.1. The summed E-state index contributed by atoms with van der Waals surface area (Å²) < 4.78 is 2.54. The fourth-order valence-electron chi connectivity index (χ4n) is 3.96. The summed E-state index contributed by atoms with van der Waals surface area (Å²) in [5.41, 5.74) is 3.02. The molecule has 38 heavy (non-hydrogen) atoms. The Hall–Kier alpha value is -4.24. The van der Waals surface area contributed by atoms with Gasteiger partial charge in [-0.3, -0.25) is 9.59 Å². The average molecular weight is 574 g/mol. The summed E-state index contributed by atoms with van der Waals surface area (Å²) in [6, 6.07) is 21.7. The molecule has 0 fully saturated rings. The molecule has 0 aliphatic rings. The van der Waals surface area contributed by atoms with Gasteiger partial charge >= 0.3 is 5.91 Å². The molecule has 2 N–H and O–H groups in total. The molecule has 9 heteroatoms. The Morgan fingerprint density at radius 1 is 1.05 bits per heavy atom. The summed E-state index contributed by atoms with van der Waals surface area (Å²) in [7, 11) is 3.87. The number of nitrogens with one attached hydrogen (secondary N) is 1. The summed E-state index contributed by atoms with van der Waals surface area (Å²) in [5, 5.41) is 22.3. The third kappa shape index (κ3) is 6.00. The van der Waals surface area contributed by atoms with Gasteiger partial charge < -0.3 is 19.9 Å². The van der Waals surface area contributed by atoms with Crippen molar-refractivity contribution in [3.05, 3.63) is 94.1 Å². The van der Waals surface area contributed by atoms with E-state index in [0.29, 0.717) is 23.1 Å². The number of fused-ring (bicyclic) bond motifs is 1. The maximum absolute atomic E-state index is 13.3. The van der Waals surface area contributed by atoms with Gasteiger partial charge in [-0.15, -0.1) is 10.2 Å². The Balaban J connectivity index is 1.71. The number of azo groups is 1. The molecule has 4 aromatic rings. The number of halogens is 1. The number of aromatic hydroxyl groups is 1. The van der Waals surface area contributed by atoms with Crippen LogP contribution in [0.2, 0.25) is 0 Å². The molecule has 0 atom stereocenters. The molecule has 0 saturated carbocycles. The van der Waals surface area contributed by atoms with Gasteiger partial charge in [-0.05, 0) is 60.5 Å². The van der Waals surface area contributed by atoms with Crippen molar-refractivity contribution >= 4 is 56.1 Å². The first-order valence-electron chi connectivity index (χ1n) is 12.1. The molecule has 8 nitrogen and oxygen atoms in total. The van der Waals surface area contributed by atoms with Crippen molar-refractivity contribution in [2.45, 2.75) is 19.9 Å². The van der Waals surface area contributed by atoms with E-state index in [-0.39, 0.29) is 17.3 Å². The zero-order chi connectivity index (χ0) is 27.2. The minimum absolute atomic E-state index is 0.0434. The largest absolute Gasteiger partial charge is 0.493 e. The van der Waals surface area contributed by atoms with Gasteiger partial charge in [0.05, 0.1) is 5.52 Å². The lowest BCUT2D eigenvalue weighted by Crippen LogP contribution is -2.26. The number of carbonyl (C=O) groups excluding carboxylic acids is 2. The van der Waals surface area contributed by atoms with Crippen molar-refractivity contribution in [1.82, 2.24) is 9.88 Å². The smallest absolute Gasteiger partial charge is 0.311 e. The number of anilines is 1. The number of benzene rings is 3. The van der Waals surface area contributed by atoms with Crippen LogP contribution in [0.4, 0.5) is 11.4 Å². The Labute approximate surface area is 229 Å². The Kier molecular flexibility index (Phi) is 8.38. The molecule has 194 valence electrons. The molecule has 0 aliphatic carbocycles. The molecule has 4 rings (SSSR count). The van der Waals surface area contributed by atoms with Crippen LogP contribution in [0, 0.1) is 0 Å². The third-order valence-electron chi connectivity index (χ3n) is 5.90. The molecule has 0 spiro atoms. The standard InChI is InChI=1S/C29H28BrN5O3/c1-4-16-35-25-15-12-21(30)18-23(25)26(29(35)38)32-33-28(37)24(31-27(36)20-8-6-5-7-9-20)17-19-10-13-22(14-11-19)34(2)3/h5-15,17-18,38H,4,16H2,1-3H3,(H,31,36)/b24-17-,33-32?. The SMILES string of the molecule is CCCn1c(O)c(N=NC(=O)/C(=C/c2ccc(N(C)C)cc2)NC(=O)c2ccccc2)c2cc(Br)ccc21. The van der Waals surface area contributed by atoms with E-state index in [9.17, 15) is 14.7 Å². The summed E-state index contributed by atoms with van der Waals surface area (Å²) in [5.74, 6) is -1.27. The van der Waals surface area contributed by atoms with E-state index in [1.54, 1.807) is 41.0 Å². The molecular weight excluding hydrogens is 546 g/mol. The number of hydrogen-bond donors (Lipinski definition) is 2. The Morgan fingerprint density at radius 3 is 2.42 bits per heavy atom. The van der Waals surface area contributed by atoms with Crippen LogP contribution in [-0.4, -0.2) is 35.6 Å². The number of carbonyl (C=O) groups is 2. The highest BCUT2D eigenvalue weighted by atomic mass is 79.9. The van der Waals surface area contributed by atoms with Gasteiger partial charge in [0.15, 0.2) is 5.69 Å². The molecule has 1 aromatic heterocycles. The van der Waals surface area contributed by atoms with Crippen LogP contribution < -0.4 is 10.2 Å². The maximum atomic E-state index is 13.3. The predicted octanol–water partition coefficient (Wildman–Crippen LogP) is 6.67. The maximum Gasteiger partial charge on any atom is 0.311 e. The molecule has 0 saturated heterocycles. The van der Waals surface area contributed by atoms with E-state index >= 15 is 0 Å². The first-order chi connectivity index (χ1) is 18.3. The van der Waals surface area contributed by atoms with E-state index < -0.39 is 11.8 Å². The number of nitrogens with zero attached hydrogens (tertiary/aromatic N) is 4. The van der Waals surface area contributed by atoms with Crippen LogP contribution in [0.3, 0.4) is 0 Å². The minimum atomic E-state index is -0.753. The lowest BCUT2D eigenvalue weighted by Gasteiger charge is -2.12. The second-order valence-electron chi connectivity index (χ2n) is 8.85. The van der Waals surface area contributed by atoms with E-state index in [1.807, 2.05) is 68.4 Å². The fourth-order valence-corrected chi connectivity index (χ4v) is 4.33. The van der Waals surface area contributed by atoms with Gasteiger partial charge in [-0.2, -0.15) is 0 Å². The number of aryl methyl sites for hydroxylation is 1. The number of aromatic nitrogens is 1. The van der Waals surface area contributed by atoms with E-state index in [1.165, 1.54) is 0 Å². The van der Waals surface area contributed by atoms with Crippen LogP contribution >= 0.6 is 15.9 Å². The highest BCUT2D eigenvalue weighted by Crippen LogP contribution is 2.40. The van der Waals surface area contributed by atoms with E-state index in [2.05, 4.69) is 31.5 Å². The van der Waals surface area contributed by atoms with Crippen molar-refractivity contribution in [3.8, 4) is 5.88 Å². The predicted molar refractivity (Wildman–Crippen MR) is 154 cm³/mol. The number of amides is 2. The van der Waals surface area contributed by atoms with Crippen LogP contribution in [0.25, 0.3) is 17.0 Å². The fraction of sp³-hybridized carbons (Fsp3) is 0.172. The van der Waals surface area contributed by atoms with E-state index in [4.69, 9.17) is 0 Å². The topological polar surface area (TPSA) is 99.3 Å². The zero-order valence-electron chi connectivity index (χ0n) is 21.4. The average Bonchev–Trinajstić information content (AvgIpc) is 3.17. The molecule has 1 heterocycles. The number of rotatable bonds is 8. The van der Waals surface area contributed by atoms with Crippen LogP contribution in [0.5, 0.6) is 5.88 Å². The van der Waals surface area contributed by atoms with Gasteiger partial charge in [0.1, 0.15) is 5.70 Å². The summed E-state index contributed by atoms with van der Waals surface area (Å²) >= 11 is 3.45. The quantitative estimate of drug-likeness (QED) is 0.182. The van der Waals surface area contributed by atoms with Gasteiger partial charge in [-0.25, -0.2) is 0 Å². The molecule has 2 amide bonds. The molecule has 0 radical (unpaired) electrons. The normalized spacial score (nSPS) is 11.7. The molecular formula is C29H28BrN5O3. The van der Waals surface area contributed by atoms with Gasteiger partial charge in [0, 0.05) is 41.7 Å². The zero-order valence-corrected chi connectivity index (χ0v) is 22.9. The highest BCUT2D eigenvalue weighted by Gasteiger charge is 2.19. The van der Waals surface area contributed by atoms with Gasteiger partial charge in [0.2, 0.25) is 5.88 Å². The summed E-state index contributed by atoms with van der Waals surface area (Å²) in [6.07, 6.45) is 2.35. The van der Waals surface area contributed by atoms with Crippen molar-refractivity contribution < 1.29 is 14.7 Å². The van der Waals surface area contributed by atoms with E-state index in [0.717, 1.165) is 22.1 Å². The van der Waals surface area contributed by atoms with Crippen molar-refractivity contribution in [1.29, 1.82) is 0 Å². The highest BCUT2D eigenvalue weighted by molar-refractivity contribution is 9.10. The van der Waals surface area contributed by atoms with Crippen LogP contribution in [0.1, 0.15) is 29.3 Å². The van der Waals surface area contributed by atoms with Gasteiger partial charge in [0.25, 0.3) is 5.91 Å². The van der Waals surface area contributed by atoms with Crippen LogP contribution in [-0.2, 0) is 11.3 Å². The third-order valence-corrected chi connectivity index (χ3v) is 6.39. The Bertz CT molecular complexity index is 1520. The second-order valence-corrected chi connectivity index (χ2v) is 9.77. The first-order valence-corrected chi connectivity index (χ1v) is 12.9. The monoisotopic (exact) mass is 573 g/mol. The van der Waals surface area contributed by atoms with Crippen molar-refractivity contribution in [2.24, 2.45) is 10.2 Å². The Morgan fingerprint density at radius 2 is 1.76 bits per heavy atom. The van der Waals surface area contributed by atoms with Crippen molar-refractivity contribution in [3.63, 3.8) is 0 Å². The lowest BCUT2D eigenvalue weighted by molar-refractivity contribution is -0.115. The van der Waals surface area contributed by atoms with Crippen molar-refractivity contribution in [2.75, 3.05) is 19.0 Å². The number of hydrogen-bond acceptors (Lipinski definition) is 5. The molecule has 0 aliphatic heterocycles. The minimum Gasteiger partial charge on any atom is -0.493 e. The first kappa shape index (κ1) is 26.8. The summed E-state index contributed by atoms with van der Waals surface area (Å²) in [6.45, 7) is 2.58. The summed E-state index contributed by atoms with van der Waals surface area (Å²) in [4.78, 5) is 28.1.